The lowest BCUT2D eigenvalue weighted by Gasteiger charge is -2.21. The van der Waals surface area contributed by atoms with Crippen LogP contribution in [0, 0.1) is 0 Å². The highest BCUT2D eigenvalue weighted by molar-refractivity contribution is 7.92. The van der Waals surface area contributed by atoms with Crippen molar-refractivity contribution < 1.29 is 9.35 Å². The average molecular weight is 308 g/mol. The summed E-state index contributed by atoms with van der Waals surface area (Å²) < 4.78 is 12.4. The molecule has 2 aromatic carbocycles. The van der Waals surface area contributed by atoms with Crippen LogP contribution in [0.5, 0.6) is 0 Å². The Balaban J connectivity index is 2.38. The summed E-state index contributed by atoms with van der Waals surface area (Å²) in [5.74, 6) is -0.736. The molecule has 2 unspecified atom stereocenters. The highest BCUT2D eigenvalue weighted by Crippen LogP contribution is 2.31. The molecular weight excluding hydrogens is 294 g/mol. The van der Waals surface area contributed by atoms with E-state index in [4.69, 9.17) is 17.3 Å². The van der Waals surface area contributed by atoms with E-state index in [-0.39, 0.29) is 11.0 Å². The summed E-state index contributed by atoms with van der Waals surface area (Å²) in [6.45, 7) is 0. The minimum Gasteiger partial charge on any atom is -0.615 e. The third kappa shape index (κ3) is 3.76. The van der Waals surface area contributed by atoms with Crippen molar-refractivity contribution in [2.75, 3.05) is 5.75 Å². The van der Waals surface area contributed by atoms with E-state index in [1.165, 1.54) is 0 Å². The maximum atomic E-state index is 12.4. The minimum atomic E-state index is -1.41. The third-order valence-electron chi connectivity index (χ3n) is 2.82. The fourth-order valence-corrected chi connectivity index (χ4v) is 3.48. The van der Waals surface area contributed by atoms with Crippen LogP contribution >= 0.6 is 11.6 Å². The first-order valence-corrected chi connectivity index (χ1v) is 7.80. The van der Waals surface area contributed by atoms with Gasteiger partial charge in [-0.05, 0) is 23.3 Å². The van der Waals surface area contributed by atoms with Crippen molar-refractivity contribution in [3.8, 4) is 0 Å². The van der Waals surface area contributed by atoms with Crippen molar-refractivity contribution >= 4 is 28.7 Å². The number of hydrogen-bond donors (Lipinski definition) is 1. The molecule has 1 amide bonds. The number of rotatable bonds is 5. The van der Waals surface area contributed by atoms with E-state index < -0.39 is 17.1 Å². The van der Waals surface area contributed by atoms with Crippen LogP contribution in [0.25, 0.3) is 0 Å². The zero-order valence-corrected chi connectivity index (χ0v) is 12.2. The predicted octanol–water partition coefficient (Wildman–Crippen LogP) is 2.66. The SMILES string of the molecule is NC(=O)C[S+]([O-])C(c1ccccc1)c1ccc(Cl)cc1. The lowest BCUT2D eigenvalue weighted by molar-refractivity contribution is -0.115. The van der Waals surface area contributed by atoms with Crippen molar-refractivity contribution in [3.05, 3.63) is 70.7 Å². The number of hydrogen-bond acceptors (Lipinski definition) is 2. The molecule has 0 aliphatic carbocycles. The molecule has 0 spiro atoms. The fraction of sp³-hybridized carbons (Fsp3) is 0.133. The molecule has 0 saturated carbocycles. The van der Waals surface area contributed by atoms with Crippen LogP contribution in [-0.2, 0) is 16.0 Å². The van der Waals surface area contributed by atoms with Crippen molar-refractivity contribution in [2.45, 2.75) is 5.25 Å². The molecule has 0 radical (unpaired) electrons. The predicted molar refractivity (Wildman–Crippen MR) is 81.9 cm³/mol. The Hall–Kier alpha value is -1.49. The number of carbonyl (C=O) groups excluding carboxylic acids is 1. The van der Waals surface area contributed by atoms with Gasteiger partial charge in [-0.2, -0.15) is 0 Å². The Labute approximate surface area is 125 Å². The summed E-state index contributed by atoms with van der Waals surface area (Å²) in [6, 6.07) is 16.5. The maximum absolute atomic E-state index is 12.4. The first-order valence-electron chi connectivity index (χ1n) is 6.04. The Bertz CT molecular complexity index is 574. The van der Waals surface area contributed by atoms with E-state index >= 15 is 0 Å². The van der Waals surface area contributed by atoms with E-state index in [1.807, 2.05) is 42.5 Å². The van der Waals surface area contributed by atoms with Crippen LogP contribution < -0.4 is 5.73 Å². The van der Waals surface area contributed by atoms with Crippen LogP contribution in [-0.4, -0.2) is 16.2 Å². The molecule has 0 aromatic heterocycles. The van der Waals surface area contributed by atoms with E-state index in [2.05, 4.69) is 0 Å². The van der Waals surface area contributed by atoms with Crippen LogP contribution in [0.1, 0.15) is 16.4 Å². The van der Waals surface area contributed by atoms with Crippen LogP contribution in [0.15, 0.2) is 54.6 Å². The fourth-order valence-electron chi connectivity index (χ4n) is 1.98. The smallest absolute Gasteiger partial charge is 0.267 e. The molecule has 2 rings (SSSR count). The summed E-state index contributed by atoms with van der Waals surface area (Å²) in [5.41, 5.74) is 6.89. The lowest BCUT2D eigenvalue weighted by atomic mass is 10.0. The van der Waals surface area contributed by atoms with Gasteiger partial charge in [-0.15, -0.1) is 0 Å². The molecule has 104 valence electrons. The number of amides is 1. The summed E-state index contributed by atoms with van der Waals surface area (Å²) in [7, 11) is 0. The summed E-state index contributed by atoms with van der Waals surface area (Å²) in [5, 5.41) is 0.224. The Morgan fingerprint density at radius 3 is 2.20 bits per heavy atom. The average Bonchev–Trinajstić information content (AvgIpc) is 2.42. The number of nitrogens with two attached hydrogens (primary N) is 1. The number of halogens is 1. The highest BCUT2D eigenvalue weighted by atomic mass is 35.5. The van der Waals surface area contributed by atoms with Crippen molar-refractivity contribution in [3.63, 3.8) is 0 Å². The van der Waals surface area contributed by atoms with Gasteiger partial charge in [0.05, 0.1) is 0 Å². The second kappa shape index (κ2) is 6.79. The number of carbonyl (C=O) groups is 1. The standard InChI is InChI=1S/C15H14ClNO2S/c16-13-8-6-12(7-9-13)15(20(19)10-14(17)18)11-4-2-1-3-5-11/h1-9,15H,10H2,(H2,17,18). The Morgan fingerprint density at radius 1 is 1.10 bits per heavy atom. The molecule has 2 N–H and O–H groups in total. The molecular formula is C15H14ClNO2S. The zero-order chi connectivity index (χ0) is 14.5. The Morgan fingerprint density at radius 2 is 1.65 bits per heavy atom. The minimum absolute atomic E-state index is 0.164. The normalized spacial score (nSPS) is 13.7. The van der Waals surface area contributed by atoms with Crippen molar-refractivity contribution in [1.29, 1.82) is 0 Å². The molecule has 2 aromatic rings. The van der Waals surface area contributed by atoms with Gasteiger partial charge < -0.3 is 10.3 Å². The third-order valence-corrected chi connectivity index (χ3v) is 4.71. The van der Waals surface area contributed by atoms with E-state index in [9.17, 15) is 9.35 Å². The molecule has 0 saturated heterocycles. The van der Waals surface area contributed by atoms with Crippen molar-refractivity contribution in [1.82, 2.24) is 0 Å². The lowest BCUT2D eigenvalue weighted by Crippen LogP contribution is -2.27. The van der Waals surface area contributed by atoms with Crippen molar-refractivity contribution in [2.24, 2.45) is 5.73 Å². The molecule has 0 aliphatic rings. The van der Waals surface area contributed by atoms with Gasteiger partial charge >= 0.3 is 0 Å². The van der Waals surface area contributed by atoms with Gasteiger partial charge in [0.1, 0.15) is 0 Å². The largest absolute Gasteiger partial charge is 0.615 e. The molecule has 0 aliphatic heterocycles. The van der Waals surface area contributed by atoms with E-state index in [0.717, 1.165) is 11.1 Å². The molecule has 0 fully saturated rings. The highest BCUT2D eigenvalue weighted by Gasteiger charge is 2.27. The number of primary amides is 1. The first kappa shape index (κ1) is 14.9. The molecule has 0 heterocycles. The van der Waals surface area contributed by atoms with Crippen LogP contribution in [0.2, 0.25) is 5.02 Å². The van der Waals surface area contributed by atoms with Gasteiger partial charge in [0.25, 0.3) is 5.91 Å². The zero-order valence-electron chi connectivity index (χ0n) is 10.7. The molecule has 0 bridgehead atoms. The van der Waals surface area contributed by atoms with E-state index in [1.54, 1.807) is 12.1 Å². The molecule has 5 heteroatoms. The van der Waals surface area contributed by atoms with Crippen LogP contribution in [0.3, 0.4) is 0 Å². The molecule has 2 atom stereocenters. The van der Waals surface area contributed by atoms with Gasteiger partial charge in [0, 0.05) is 16.1 Å². The van der Waals surface area contributed by atoms with Gasteiger partial charge in [0.2, 0.25) is 0 Å². The summed E-state index contributed by atoms with van der Waals surface area (Å²) in [6.07, 6.45) is 0. The van der Waals surface area contributed by atoms with Crippen LogP contribution in [0.4, 0.5) is 0 Å². The maximum Gasteiger partial charge on any atom is 0.267 e. The molecule has 3 nitrogen and oxygen atoms in total. The second-order valence-corrected chi connectivity index (χ2v) is 6.29. The topological polar surface area (TPSA) is 66.2 Å². The second-order valence-electron chi connectivity index (χ2n) is 4.33. The van der Waals surface area contributed by atoms with Gasteiger partial charge in [-0.25, -0.2) is 0 Å². The summed E-state index contributed by atoms with van der Waals surface area (Å²) >= 11 is 4.46. The quantitative estimate of drug-likeness (QED) is 0.863. The van der Waals surface area contributed by atoms with Gasteiger partial charge in [-0.1, -0.05) is 54.1 Å². The first-order chi connectivity index (χ1) is 9.58. The Kier molecular flexibility index (Phi) is 5.06. The monoisotopic (exact) mass is 307 g/mol. The van der Waals surface area contributed by atoms with Gasteiger partial charge in [-0.3, -0.25) is 4.79 Å². The van der Waals surface area contributed by atoms with Gasteiger partial charge in [0.15, 0.2) is 11.0 Å². The van der Waals surface area contributed by atoms with E-state index in [0.29, 0.717) is 5.02 Å². The summed E-state index contributed by atoms with van der Waals surface area (Å²) in [4.78, 5) is 11.0. The number of benzene rings is 2. The molecule has 20 heavy (non-hydrogen) atoms.